The Balaban J connectivity index is 1.85. The standard InChI is InChI=1S/C17H28N2O2/c1-13-8-14(11-18-6-7-21-3)4-5-17(13)19(2)12-15-9-16(20)10-15/h4-5,8,15-16,18,20H,6-7,9-12H2,1-3H3. The molecule has 21 heavy (non-hydrogen) atoms. The van der Waals surface area contributed by atoms with E-state index in [1.807, 2.05) is 0 Å². The van der Waals surface area contributed by atoms with Gasteiger partial charge in [-0.05, 0) is 42.9 Å². The summed E-state index contributed by atoms with van der Waals surface area (Å²) in [7, 11) is 3.86. The summed E-state index contributed by atoms with van der Waals surface area (Å²) in [5.41, 5.74) is 3.90. The Morgan fingerprint density at radius 2 is 2.14 bits per heavy atom. The molecule has 1 aliphatic rings. The minimum atomic E-state index is -0.0648. The zero-order chi connectivity index (χ0) is 15.2. The van der Waals surface area contributed by atoms with Gasteiger partial charge in [-0.15, -0.1) is 0 Å². The second-order valence-corrected chi connectivity index (χ2v) is 6.16. The molecule has 0 spiro atoms. The highest BCUT2D eigenvalue weighted by atomic mass is 16.5. The van der Waals surface area contributed by atoms with Gasteiger partial charge in [-0.2, -0.15) is 0 Å². The van der Waals surface area contributed by atoms with Crippen LogP contribution in [0, 0.1) is 12.8 Å². The van der Waals surface area contributed by atoms with Crippen molar-refractivity contribution >= 4 is 5.69 Å². The van der Waals surface area contributed by atoms with E-state index in [1.54, 1.807) is 7.11 Å². The number of rotatable bonds is 8. The number of hydrogen-bond donors (Lipinski definition) is 2. The molecule has 4 heteroatoms. The molecule has 0 radical (unpaired) electrons. The number of aliphatic hydroxyl groups excluding tert-OH is 1. The van der Waals surface area contributed by atoms with Gasteiger partial charge in [0.25, 0.3) is 0 Å². The molecule has 4 nitrogen and oxygen atoms in total. The lowest BCUT2D eigenvalue weighted by molar-refractivity contribution is 0.0465. The Bertz CT molecular complexity index is 444. The van der Waals surface area contributed by atoms with Gasteiger partial charge in [0.2, 0.25) is 0 Å². The zero-order valence-electron chi connectivity index (χ0n) is 13.4. The molecule has 1 aliphatic carbocycles. The maximum atomic E-state index is 9.38. The number of nitrogens with zero attached hydrogens (tertiary/aromatic N) is 1. The predicted molar refractivity (Wildman–Crippen MR) is 86.8 cm³/mol. The summed E-state index contributed by atoms with van der Waals surface area (Å²) in [6.07, 6.45) is 1.83. The fourth-order valence-electron chi connectivity index (χ4n) is 3.00. The van der Waals surface area contributed by atoms with E-state index in [0.717, 1.165) is 39.1 Å². The summed E-state index contributed by atoms with van der Waals surface area (Å²) in [6.45, 7) is 5.70. The second kappa shape index (κ2) is 7.78. The van der Waals surface area contributed by atoms with Crippen LogP contribution >= 0.6 is 0 Å². The number of nitrogens with one attached hydrogen (secondary N) is 1. The van der Waals surface area contributed by atoms with Crippen molar-refractivity contribution in [3.05, 3.63) is 29.3 Å². The minimum Gasteiger partial charge on any atom is -0.393 e. The van der Waals surface area contributed by atoms with Crippen LogP contribution < -0.4 is 10.2 Å². The van der Waals surface area contributed by atoms with E-state index >= 15 is 0 Å². The first-order chi connectivity index (χ1) is 10.1. The van der Waals surface area contributed by atoms with Crippen molar-refractivity contribution < 1.29 is 9.84 Å². The third kappa shape index (κ3) is 4.70. The second-order valence-electron chi connectivity index (χ2n) is 6.16. The molecule has 1 aromatic rings. The topological polar surface area (TPSA) is 44.7 Å². The lowest BCUT2D eigenvalue weighted by Gasteiger charge is -2.35. The van der Waals surface area contributed by atoms with Gasteiger partial charge in [0.05, 0.1) is 12.7 Å². The summed E-state index contributed by atoms with van der Waals surface area (Å²) in [6, 6.07) is 6.65. The number of hydrogen-bond acceptors (Lipinski definition) is 4. The Morgan fingerprint density at radius 3 is 2.76 bits per heavy atom. The van der Waals surface area contributed by atoms with Crippen molar-refractivity contribution in [2.75, 3.05) is 38.8 Å². The van der Waals surface area contributed by atoms with E-state index in [1.165, 1.54) is 16.8 Å². The molecule has 0 amide bonds. The highest BCUT2D eigenvalue weighted by molar-refractivity contribution is 5.54. The van der Waals surface area contributed by atoms with E-state index in [2.05, 4.69) is 42.4 Å². The third-order valence-corrected chi connectivity index (χ3v) is 4.23. The lowest BCUT2D eigenvalue weighted by atomic mass is 9.82. The molecule has 1 saturated carbocycles. The number of ether oxygens (including phenoxy) is 1. The molecule has 0 unspecified atom stereocenters. The molecular weight excluding hydrogens is 264 g/mol. The molecule has 118 valence electrons. The monoisotopic (exact) mass is 292 g/mol. The fraction of sp³-hybridized carbons (Fsp3) is 0.647. The van der Waals surface area contributed by atoms with Gasteiger partial charge in [0.15, 0.2) is 0 Å². The van der Waals surface area contributed by atoms with Crippen LogP contribution in [0.1, 0.15) is 24.0 Å². The highest BCUT2D eigenvalue weighted by Crippen LogP contribution is 2.30. The summed E-state index contributed by atoms with van der Waals surface area (Å²) in [4.78, 5) is 2.31. The van der Waals surface area contributed by atoms with Gasteiger partial charge >= 0.3 is 0 Å². The average Bonchev–Trinajstić information content (AvgIpc) is 2.42. The average molecular weight is 292 g/mol. The van der Waals surface area contributed by atoms with E-state index < -0.39 is 0 Å². The molecule has 0 bridgehead atoms. The molecule has 0 aromatic heterocycles. The number of aliphatic hydroxyl groups is 1. The van der Waals surface area contributed by atoms with E-state index in [-0.39, 0.29) is 6.10 Å². The van der Waals surface area contributed by atoms with Crippen molar-refractivity contribution in [3.8, 4) is 0 Å². The van der Waals surface area contributed by atoms with Crippen LogP contribution in [-0.4, -0.2) is 45.1 Å². The minimum absolute atomic E-state index is 0.0648. The molecule has 1 fully saturated rings. The molecule has 0 atom stereocenters. The van der Waals surface area contributed by atoms with Gasteiger partial charge in [-0.3, -0.25) is 0 Å². The Morgan fingerprint density at radius 1 is 1.38 bits per heavy atom. The van der Waals surface area contributed by atoms with Crippen LogP contribution in [0.5, 0.6) is 0 Å². The van der Waals surface area contributed by atoms with Crippen LogP contribution in [0.4, 0.5) is 5.69 Å². The maximum absolute atomic E-state index is 9.38. The van der Waals surface area contributed by atoms with Crippen molar-refractivity contribution in [2.24, 2.45) is 5.92 Å². The third-order valence-electron chi connectivity index (χ3n) is 4.23. The normalized spacial score (nSPS) is 21.1. The molecule has 2 N–H and O–H groups in total. The molecule has 0 aliphatic heterocycles. The van der Waals surface area contributed by atoms with Crippen molar-refractivity contribution in [1.82, 2.24) is 5.32 Å². The number of benzene rings is 1. The first-order valence-electron chi connectivity index (χ1n) is 7.78. The van der Waals surface area contributed by atoms with Crippen molar-refractivity contribution in [1.29, 1.82) is 0 Å². The largest absolute Gasteiger partial charge is 0.393 e. The highest BCUT2D eigenvalue weighted by Gasteiger charge is 2.28. The lowest BCUT2D eigenvalue weighted by Crippen LogP contribution is -2.37. The maximum Gasteiger partial charge on any atom is 0.0587 e. The predicted octanol–water partition coefficient (Wildman–Crippen LogP) is 1.94. The van der Waals surface area contributed by atoms with Gasteiger partial charge in [-0.25, -0.2) is 0 Å². The fourth-order valence-corrected chi connectivity index (χ4v) is 3.00. The number of methoxy groups -OCH3 is 1. The van der Waals surface area contributed by atoms with Crippen LogP contribution in [0.15, 0.2) is 18.2 Å². The quantitative estimate of drug-likeness (QED) is 0.719. The van der Waals surface area contributed by atoms with E-state index in [4.69, 9.17) is 4.74 Å². The number of anilines is 1. The Labute approximate surface area is 128 Å². The van der Waals surface area contributed by atoms with Crippen LogP contribution in [0.2, 0.25) is 0 Å². The van der Waals surface area contributed by atoms with Crippen LogP contribution in [-0.2, 0) is 11.3 Å². The molecule has 2 rings (SSSR count). The van der Waals surface area contributed by atoms with E-state index in [0.29, 0.717) is 5.92 Å². The Kier molecular flexibility index (Phi) is 6.03. The van der Waals surface area contributed by atoms with Gasteiger partial charge in [0.1, 0.15) is 0 Å². The molecule has 0 heterocycles. The smallest absolute Gasteiger partial charge is 0.0587 e. The molecule has 1 aromatic carbocycles. The SMILES string of the molecule is COCCNCc1ccc(N(C)CC2CC(O)C2)c(C)c1. The Hall–Kier alpha value is -1.10. The molecule has 0 saturated heterocycles. The zero-order valence-corrected chi connectivity index (χ0v) is 13.4. The summed E-state index contributed by atoms with van der Waals surface area (Å²) in [5.74, 6) is 0.639. The number of aryl methyl sites for hydroxylation is 1. The van der Waals surface area contributed by atoms with Crippen LogP contribution in [0.3, 0.4) is 0 Å². The summed E-state index contributed by atoms with van der Waals surface area (Å²) >= 11 is 0. The summed E-state index contributed by atoms with van der Waals surface area (Å²) in [5, 5.41) is 12.7. The first kappa shape index (κ1) is 16.3. The van der Waals surface area contributed by atoms with Crippen molar-refractivity contribution in [2.45, 2.75) is 32.4 Å². The molecular formula is C17H28N2O2. The van der Waals surface area contributed by atoms with Gasteiger partial charge < -0.3 is 20.1 Å². The van der Waals surface area contributed by atoms with Gasteiger partial charge in [0, 0.05) is 39.5 Å². The first-order valence-corrected chi connectivity index (χ1v) is 7.78. The van der Waals surface area contributed by atoms with Crippen LogP contribution in [0.25, 0.3) is 0 Å². The van der Waals surface area contributed by atoms with Gasteiger partial charge in [-0.1, -0.05) is 12.1 Å². The van der Waals surface area contributed by atoms with E-state index in [9.17, 15) is 5.11 Å². The summed E-state index contributed by atoms with van der Waals surface area (Å²) < 4.78 is 5.03. The van der Waals surface area contributed by atoms with Crippen molar-refractivity contribution in [3.63, 3.8) is 0 Å².